The average molecular weight is 272 g/mol. The van der Waals surface area contributed by atoms with Gasteiger partial charge in [-0.3, -0.25) is 9.69 Å². The number of benzene rings is 1. The Morgan fingerprint density at radius 2 is 2.25 bits per heavy atom. The molecule has 0 spiro atoms. The molecule has 2 aromatic rings. The van der Waals surface area contributed by atoms with Gasteiger partial charge in [0.2, 0.25) is 0 Å². The molecule has 1 aromatic carbocycles. The molecule has 0 saturated heterocycles. The summed E-state index contributed by atoms with van der Waals surface area (Å²) in [5, 5.41) is 17.9. The topological polar surface area (TPSA) is 71.2 Å². The highest BCUT2D eigenvalue weighted by Crippen LogP contribution is 2.22. The third-order valence-corrected chi connectivity index (χ3v) is 3.60. The molecule has 1 aromatic heterocycles. The predicted octanol–water partition coefficient (Wildman–Crippen LogP) is 1.20. The second-order valence-corrected chi connectivity index (χ2v) is 5.05. The smallest absolute Gasteiger partial charge is 0.159 e. The van der Waals surface area contributed by atoms with Gasteiger partial charge in [-0.25, -0.2) is 0 Å². The lowest BCUT2D eigenvalue weighted by Gasteiger charge is -2.27. The lowest BCUT2D eigenvalue weighted by atomic mass is 10.1. The number of aromatic nitrogens is 3. The van der Waals surface area contributed by atoms with Crippen LogP contribution in [-0.2, 0) is 19.6 Å². The number of phenolic OH excluding ortho intramolecular Hbond substituents is 1. The number of aromatic hydroxyl groups is 1. The van der Waals surface area contributed by atoms with Gasteiger partial charge in [0.25, 0.3) is 0 Å². The van der Waals surface area contributed by atoms with E-state index in [2.05, 4.69) is 15.1 Å². The van der Waals surface area contributed by atoms with E-state index in [1.165, 1.54) is 6.92 Å². The Bertz CT molecular complexity index is 650. The molecule has 1 aliphatic rings. The zero-order chi connectivity index (χ0) is 14.1. The number of fused-ring (bicyclic) bond motifs is 1. The number of rotatable bonds is 3. The van der Waals surface area contributed by atoms with Crippen molar-refractivity contribution in [2.45, 2.75) is 26.6 Å². The highest BCUT2D eigenvalue weighted by molar-refractivity contribution is 5.94. The Morgan fingerprint density at radius 1 is 1.40 bits per heavy atom. The van der Waals surface area contributed by atoms with Crippen molar-refractivity contribution in [3.05, 3.63) is 41.5 Å². The van der Waals surface area contributed by atoms with Gasteiger partial charge in [-0.15, -0.1) is 10.2 Å². The lowest BCUT2D eigenvalue weighted by Crippen LogP contribution is -2.33. The van der Waals surface area contributed by atoms with Crippen LogP contribution < -0.4 is 0 Å². The van der Waals surface area contributed by atoms with E-state index in [9.17, 15) is 9.90 Å². The fraction of sp³-hybridized carbons (Fsp3) is 0.357. The van der Waals surface area contributed by atoms with Crippen molar-refractivity contribution >= 4 is 5.78 Å². The molecule has 0 fully saturated rings. The summed E-state index contributed by atoms with van der Waals surface area (Å²) in [7, 11) is 0. The summed E-state index contributed by atoms with van der Waals surface area (Å²) in [5.74, 6) is 1.16. The monoisotopic (exact) mass is 272 g/mol. The van der Waals surface area contributed by atoms with Crippen molar-refractivity contribution in [2.24, 2.45) is 0 Å². The fourth-order valence-corrected chi connectivity index (χ4v) is 2.42. The summed E-state index contributed by atoms with van der Waals surface area (Å²) in [4.78, 5) is 13.6. The van der Waals surface area contributed by atoms with Gasteiger partial charge in [-0.05, 0) is 25.1 Å². The maximum Gasteiger partial charge on any atom is 0.159 e. The summed E-state index contributed by atoms with van der Waals surface area (Å²) < 4.78 is 2.03. The normalized spacial score (nSPS) is 15.1. The van der Waals surface area contributed by atoms with E-state index in [4.69, 9.17) is 0 Å². The van der Waals surface area contributed by atoms with Gasteiger partial charge in [0, 0.05) is 30.8 Å². The van der Waals surface area contributed by atoms with E-state index in [0.717, 1.165) is 24.5 Å². The molecule has 2 heterocycles. The zero-order valence-corrected chi connectivity index (χ0v) is 11.3. The van der Waals surface area contributed by atoms with Crippen LogP contribution in [0.15, 0.2) is 24.5 Å². The molecular formula is C14H16N4O2. The molecule has 0 saturated carbocycles. The minimum absolute atomic E-state index is 0.00429. The lowest BCUT2D eigenvalue weighted by molar-refractivity contribution is 0.101. The van der Waals surface area contributed by atoms with Gasteiger partial charge in [0.1, 0.15) is 17.9 Å². The Hall–Kier alpha value is -2.21. The second kappa shape index (κ2) is 5.05. The Morgan fingerprint density at radius 3 is 3.05 bits per heavy atom. The summed E-state index contributed by atoms with van der Waals surface area (Å²) in [6, 6.07) is 4.99. The predicted molar refractivity (Wildman–Crippen MR) is 72.2 cm³/mol. The van der Waals surface area contributed by atoms with Crippen LogP contribution in [0.4, 0.5) is 0 Å². The molecule has 0 radical (unpaired) electrons. The Labute approximate surface area is 116 Å². The fourth-order valence-electron chi connectivity index (χ4n) is 2.42. The van der Waals surface area contributed by atoms with Crippen LogP contribution in [0.2, 0.25) is 0 Å². The zero-order valence-electron chi connectivity index (χ0n) is 11.3. The average Bonchev–Trinajstić information content (AvgIpc) is 2.88. The van der Waals surface area contributed by atoms with Crippen molar-refractivity contribution in [1.82, 2.24) is 19.7 Å². The number of nitrogens with zero attached hydrogens (tertiary/aromatic N) is 4. The first-order valence-electron chi connectivity index (χ1n) is 6.55. The number of Topliss-reactive ketones (excluding diaryl/α,β-unsaturated/α-hetero) is 1. The van der Waals surface area contributed by atoms with Crippen LogP contribution in [0.25, 0.3) is 0 Å². The third-order valence-electron chi connectivity index (χ3n) is 3.60. The van der Waals surface area contributed by atoms with Crippen molar-refractivity contribution in [2.75, 3.05) is 6.54 Å². The van der Waals surface area contributed by atoms with Gasteiger partial charge in [-0.1, -0.05) is 0 Å². The Balaban J connectivity index is 1.78. The van der Waals surface area contributed by atoms with Crippen LogP contribution >= 0.6 is 0 Å². The highest BCUT2D eigenvalue weighted by atomic mass is 16.3. The number of carbonyl (C=O) groups excluding carboxylic acids is 1. The molecule has 1 aliphatic heterocycles. The van der Waals surface area contributed by atoms with Crippen molar-refractivity contribution in [3.8, 4) is 5.75 Å². The number of hydrogen-bond donors (Lipinski definition) is 1. The van der Waals surface area contributed by atoms with E-state index in [1.807, 2.05) is 4.57 Å². The number of phenols is 1. The molecule has 0 aliphatic carbocycles. The summed E-state index contributed by atoms with van der Waals surface area (Å²) in [5.41, 5.74) is 1.39. The van der Waals surface area contributed by atoms with Crippen LogP contribution in [-0.4, -0.2) is 37.1 Å². The molecule has 0 bridgehead atoms. The molecule has 6 heteroatoms. The first-order chi connectivity index (χ1) is 9.63. The van der Waals surface area contributed by atoms with E-state index < -0.39 is 0 Å². The molecule has 3 rings (SSSR count). The van der Waals surface area contributed by atoms with Gasteiger partial charge < -0.3 is 9.67 Å². The van der Waals surface area contributed by atoms with E-state index >= 15 is 0 Å². The van der Waals surface area contributed by atoms with Gasteiger partial charge in [0.05, 0.1) is 6.54 Å². The maximum absolute atomic E-state index is 11.4. The van der Waals surface area contributed by atoms with Gasteiger partial charge >= 0.3 is 0 Å². The summed E-state index contributed by atoms with van der Waals surface area (Å²) >= 11 is 0. The minimum Gasteiger partial charge on any atom is -0.508 e. The maximum atomic E-state index is 11.4. The number of carbonyl (C=O) groups is 1. The quantitative estimate of drug-likeness (QED) is 0.850. The van der Waals surface area contributed by atoms with Crippen LogP contribution in [0, 0.1) is 0 Å². The van der Waals surface area contributed by atoms with Crippen molar-refractivity contribution < 1.29 is 9.90 Å². The van der Waals surface area contributed by atoms with Crippen LogP contribution in [0.1, 0.15) is 28.7 Å². The number of ketones is 1. The standard InChI is InChI=1S/C14H16N4O2/c1-10(19)11-2-3-13(20)12(6-11)7-17-4-5-18-9-15-16-14(18)8-17/h2-3,6,9,20H,4-5,7-8H2,1H3. The largest absolute Gasteiger partial charge is 0.508 e. The molecule has 1 N–H and O–H groups in total. The number of hydrogen-bond acceptors (Lipinski definition) is 5. The van der Waals surface area contributed by atoms with E-state index in [-0.39, 0.29) is 11.5 Å². The van der Waals surface area contributed by atoms with Gasteiger partial charge in [-0.2, -0.15) is 0 Å². The van der Waals surface area contributed by atoms with Crippen LogP contribution in [0.3, 0.4) is 0 Å². The second-order valence-electron chi connectivity index (χ2n) is 5.05. The van der Waals surface area contributed by atoms with Crippen LogP contribution in [0.5, 0.6) is 5.75 Å². The summed E-state index contributed by atoms with van der Waals surface area (Å²) in [6.07, 6.45) is 1.74. The molecule has 20 heavy (non-hydrogen) atoms. The first-order valence-corrected chi connectivity index (χ1v) is 6.55. The molecule has 0 atom stereocenters. The van der Waals surface area contributed by atoms with Crippen molar-refractivity contribution in [3.63, 3.8) is 0 Å². The molecular weight excluding hydrogens is 256 g/mol. The highest BCUT2D eigenvalue weighted by Gasteiger charge is 2.18. The summed E-state index contributed by atoms with van der Waals surface area (Å²) in [6.45, 7) is 4.54. The molecule has 0 amide bonds. The SMILES string of the molecule is CC(=O)c1ccc(O)c(CN2CCn3cnnc3C2)c1. The molecule has 0 unspecified atom stereocenters. The molecule has 6 nitrogen and oxygen atoms in total. The van der Waals surface area contributed by atoms with Crippen molar-refractivity contribution in [1.29, 1.82) is 0 Å². The first kappa shape index (κ1) is 12.8. The third kappa shape index (κ3) is 2.42. The van der Waals surface area contributed by atoms with E-state index in [0.29, 0.717) is 18.7 Å². The molecule has 104 valence electrons. The minimum atomic E-state index is 0.00429. The Kier molecular flexibility index (Phi) is 3.23. The van der Waals surface area contributed by atoms with E-state index in [1.54, 1.807) is 24.5 Å². The van der Waals surface area contributed by atoms with Gasteiger partial charge in [0.15, 0.2) is 5.78 Å².